The molecule has 0 fully saturated rings. The molecular formula is C6H8N4O3S. The molecule has 0 atom stereocenters. The number of nitrogens with one attached hydrogen (secondary N) is 1. The van der Waals surface area contributed by atoms with Crippen molar-refractivity contribution < 1.29 is 13.0 Å². The summed E-state index contributed by atoms with van der Waals surface area (Å²) in [6.45, 7) is 0. The fraction of sp³-hybridized carbons (Fsp3) is 0.167. The van der Waals surface area contributed by atoms with Crippen LogP contribution in [0.15, 0.2) is 18.9 Å². The van der Waals surface area contributed by atoms with Gasteiger partial charge in [-0.15, -0.1) is 0 Å². The molecule has 0 aliphatic heterocycles. The predicted octanol–water partition coefficient (Wildman–Crippen LogP) is -0.143. The summed E-state index contributed by atoms with van der Waals surface area (Å²) in [5.41, 5.74) is 1.59. The van der Waals surface area contributed by atoms with E-state index in [1.54, 1.807) is 12.5 Å². The number of aromatic nitrogens is 4. The third kappa shape index (κ3) is 3.92. The molecule has 0 aliphatic carbocycles. The molecule has 0 aliphatic rings. The van der Waals surface area contributed by atoms with Crippen LogP contribution in [0.1, 0.15) is 0 Å². The molecule has 0 saturated carbocycles. The van der Waals surface area contributed by atoms with Crippen molar-refractivity contribution in [1.82, 2.24) is 19.9 Å². The smallest absolute Gasteiger partial charge is 0.261 e. The lowest BCUT2D eigenvalue weighted by molar-refractivity contribution is 0.490. The molecule has 0 radical (unpaired) electrons. The van der Waals surface area contributed by atoms with Gasteiger partial charge < -0.3 is 4.98 Å². The van der Waals surface area contributed by atoms with Crippen LogP contribution in [0.2, 0.25) is 0 Å². The average molecular weight is 216 g/mol. The number of hydrogen-bond donors (Lipinski definition) is 2. The lowest BCUT2D eigenvalue weighted by Gasteiger charge is -1.80. The maximum absolute atomic E-state index is 9.19. The van der Waals surface area contributed by atoms with Crippen LogP contribution in [0.3, 0.4) is 0 Å². The third-order valence-corrected chi connectivity index (χ3v) is 1.10. The standard InChI is InChI=1S/C5H4N4.CH4O3S/c1-4-5(8-2-6-1)9-3-7-4;1-5(2,3)4/h1-3H,(H,6,7,8,9);1H3,(H,2,3,4). The Hall–Kier alpha value is -1.54. The van der Waals surface area contributed by atoms with Crippen LogP contribution < -0.4 is 0 Å². The summed E-state index contributed by atoms with van der Waals surface area (Å²) in [5, 5.41) is 0. The van der Waals surface area contributed by atoms with Crippen molar-refractivity contribution in [2.75, 3.05) is 6.26 Å². The SMILES string of the molecule is CS(=O)(=O)O.c1ncc2[nH]cnc2n1. The number of fused-ring (bicyclic) bond motifs is 1. The van der Waals surface area contributed by atoms with Crippen molar-refractivity contribution in [3.05, 3.63) is 18.9 Å². The molecule has 0 unspecified atom stereocenters. The van der Waals surface area contributed by atoms with Crippen LogP contribution in [0.25, 0.3) is 11.2 Å². The van der Waals surface area contributed by atoms with Gasteiger partial charge in [0.2, 0.25) is 0 Å². The lowest BCUT2D eigenvalue weighted by atomic mass is 10.6. The van der Waals surface area contributed by atoms with Crippen LogP contribution >= 0.6 is 0 Å². The monoisotopic (exact) mass is 216 g/mol. The summed E-state index contributed by atoms with van der Waals surface area (Å²) in [5.74, 6) is 0. The van der Waals surface area contributed by atoms with Crippen LogP contribution in [0.5, 0.6) is 0 Å². The summed E-state index contributed by atoms with van der Waals surface area (Å²) in [7, 11) is -3.67. The Morgan fingerprint density at radius 3 is 2.64 bits per heavy atom. The number of rotatable bonds is 0. The second-order valence-corrected chi connectivity index (χ2v) is 3.86. The van der Waals surface area contributed by atoms with Crippen LogP contribution in [0.4, 0.5) is 0 Å². The summed E-state index contributed by atoms with van der Waals surface area (Å²) in [6.07, 6.45) is 5.48. The van der Waals surface area contributed by atoms with E-state index in [1.807, 2.05) is 0 Å². The Bertz CT molecular complexity index is 468. The maximum Gasteiger partial charge on any atom is 0.261 e. The topological polar surface area (TPSA) is 109 Å². The third-order valence-electron chi connectivity index (χ3n) is 1.10. The quantitative estimate of drug-likeness (QED) is 0.593. The van der Waals surface area contributed by atoms with Crippen molar-refractivity contribution in [2.45, 2.75) is 0 Å². The predicted molar refractivity (Wildman–Crippen MR) is 49.2 cm³/mol. The highest BCUT2D eigenvalue weighted by atomic mass is 32.2. The van der Waals surface area contributed by atoms with Crippen molar-refractivity contribution in [2.24, 2.45) is 0 Å². The second kappa shape index (κ2) is 4.11. The van der Waals surface area contributed by atoms with Gasteiger partial charge in [-0.1, -0.05) is 0 Å². The fourth-order valence-corrected chi connectivity index (χ4v) is 0.691. The number of H-pyrrole nitrogens is 1. The Balaban J connectivity index is 0.000000171. The first-order valence-electron chi connectivity index (χ1n) is 3.48. The van der Waals surface area contributed by atoms with Gasteiger partial charge in [-0.05, 0) is 0 Å². The van der Waals surface area contributed by atoms with Crippen molar-refractivity contribution in [3.8, 4) is 0 Å². The van der Waals surface area contributed by atoms with E-state index < -0.39 is 10.1 Å². The molecule has 0 saturated heterocycles. The minimum atomic E-state index is -3.67. The first-order chi connectivity index (χ1) is 6.47. The number of imidazole rings is 1. The van der Waals surface area contributed by atoms with Gasteiger partial charge in [0.25, 0.3) is 10.1 Å². The molecule has 2 aromatic rings. The Morgan fingerprint density at radius 2 is 2.07 bits per heavy atom. The summed E-state index contributed by atoms with van der Waals surface area (Å²) < 4.78 is 25.9. The molecule has 8 heteroatoms. The van der Waals surface area contributed by atoms with Crippen LogP contribution in [-0.4, -0.2) is 39.2 Å². The molecule has 2 rings (SSSR count). The Morgan fingerprint density at radius 1 is 1.43 bits per heavy atom. The first kappa shape index (κ1) is 10.5. The Labute approximate surface area is 80.0 Å². The zero-order chi connectivity index (χ0) is 10.6. The summed E-state index contributed by atoms with van der Waals surface area (Å²) in [4.78, 5) is 14.5. The molecule has 0 aromatic carbocycles. The van der Waals surface area contributed by atoms with E-state index in [2.05, 4.69) is 19.9 Å². The highest BCUT2D eigenvalue weighted by Crippen LogP contribution is 1.99. The molecule has 76 valence electrons. The van der Waals surface area contributed by atoms with Gasteiger partial charge in [-0.3, -0.25) is 4.55 Å². The fourth-order valence-electron chi connectivity index (χ4n) is 0.691. The maximum atomic E-state index is 9.19. The highest BCUT2D eigenvalue weighted by molar-refractivity contribution is 7.85. The molecule has 0 amide bonds. The number of hydrogen-bond acceptors (Lipinski definition) is 5. The Kier molecular flexibility index (Phi) is 3.10. The molecule has 2 heterocycles. The van der Waals surface area contributed by atoms with Crippen molar-refractivity contribution in [1.29, 1.82) is 0 Å². The van der Waals surface area contributed by atoms with Gasteiger partial charge in [0.1, 0.15) is 11.8 Å². The second-order valence-electron chi connectivity index (χ2n) is 2.40. The van der Waals surface area contributed by atoms with E-state index in [4.69, 9.17) is 4.55 Å². The van der Waals surface area contributed by atoms with E-state index >= 15 is 0 Å². The molecule has 0 bridgehead atoms. The average Bonchev–Trinajstić information content (AvgIpc) is 2.47. The van der Waals surface area contributed by atoms with Gasteiger partial charge in [-0.25, -0.2) is 15.0 Å². The molecule has 2 aromatic heterocycles. The molecule has 14 heavy (non-hydrogen) atoms. The summed E-state index contributed by atoms with van der Waals surface area (Å²) >= 11 is 0. The van der Waals surface area contributed by atoms with E-state index in [-0.39, 0.29) is 0 Å². The highest BCUT2D eigenvalue weighted by Gasteiger charge is 1.91. The molecule has 2 N–H and O–H groups in total. The lowest BCUT2D eigenvalue weighted by Crippen LogP contribution is -1.88. The van der Waals surface area contributed by atoms with E-state index in [9.17, 15) is 8.42 Å². The first-order valence-corrected chi connectivity index (χ1v) is 5.33. The van der Waals surface area contributed by atoms with Gasteiger partial charge in [-0.2, -0.15) is 8.42 Å². The number of aromatic amines is 1. The van der Waals surface area contributed by atoms with Gasteiger partial charge in [0.05, 0.1) is 18.8 Å². The largest absolute Gasteiger partial charge is 0.342 e. The summed E-state index contributed by atoms with van der Waals surface area (Å²) in [6, 6.07) is 0. The van der Waals surface area contributed by atoms with Gasteiger partial charge in [0, 0.05) is 0 Å². The van der Waals surface area contributed by atoms with Crippen LogP contribution in [0, 0.1) is 0 Å². The van der Waals surface area contributed by atoms with E-state index in [0.29, 0.717) is 11.9 Å². The molecular weight excluding hydrogens is 208 g/mol. The van der Waals surface area contributed by atoms with Gasteiger partial charge >= 0.3 is 0 Å². The van der Waals surface area contributed by atoms with Crippen molar-refractivity contribution in [3.63, 3.8) is 0 Å². The normalized spacial score (nSPS) is 10.7. The minimum absolute atomic E-state index is 0.713. The zero-order valence-electron chi connectivity index (χ0n) is 7.25. The van der Waals surface area contributed by atoms with Crippen molar-refractivity contribution >= 4 is 21.3 Å². The molecule has 0 spiro atoms. The van der Waals surface area contributed by atoms with E-state index in [0.717, 1.165) is 5.52 Å². The van der Waals surface area contributed by atoms with Gasteiger partial charge in [0.15, 0.2) is 5.65 Å². The molecule has 7 nitrogen and oxygen atoms in total. The van der Waals surface area contributed by atoms with Crippen LogP contribution in [-0.2, 0) is 10.1 Å². The number of nitrogens with zero attached hydrogens (tertiary/aromatic N) is 3. The zero-order valence-corrected chi connectivity index (χ0v) is 8.06. The minimum Gasteiger partial charge on any atom is -0.342 e. The van der Waals surface area contributed by atoms with E-state index in [1.165, 1.54) is 6.33 Å².